The molecular weight excluding hydrogens is 300 g/mol. The summed E-state index contributed by atoms with van der Waals surface area (Å²) in [6.07, 6.45) is 7.45. The summed E-state index contributed by atoms with van der Waals surface area (Å²) in [6.45, 7) is 4.55. The van der Waals surface area contributed by atoms with Crippen LogP contribution >= 0.6 is 11.6 Å². The van der Waals surface area contributed by atoms with Crippen LogP contribution in [0.25, 0.3) is 0 Å². The van der Waals surface area contributed by atoms with Crippen LogP contribution in [0.2, 0.25) is 5.15 Å². The lowest BCUT2D eigenvalue weighted by atomic mass is 10.1. The lowest BCUT2D eigenvalue weighted by Gasteiger charge is -2.19. The average Bonchev–Trinajstić information content (AvgIpc) is 3.39. The van der Waals surface area contributed by atoms with Gasteiger partial charge in [-0.1, -0.05) is 18.5 Å². The monoisotopic (exact) mass is 322 g/mol. The molecule has 5 nitrogen and oxygen atoms in total. The van der Waals surface area contributed by atoms with Gasteiger partial charge in [0, 0.05) is 12.5 Å². The molecule has 3 rings (SSSR count). The summed E-state index contributed by atoms with van der Waals surface area (Å²) in [4.78, 5) is 13.0. The number of hydrogen-bond acceptors (Lipinski definition) is 5. The maximum absolute atomic E-state index is 6.25. The zero-order valence-corrected chi connectivity index (χ0v) is 13.9. The van der Waals surface area contributed by atoms with Crippen molar-refractivity contribution >= 4 is 29.0 Å². The van der Waals surface area contributed by atoms with E-state index < -0.39 is 0 Å². The van der Waals surface area contributed by atoms with Gasteiger partial charge in [0.15, 0.2) is 16.9 Å². The number of halogens is 1. The quantitative estimate of drug-likeness (QED) is 0.464. The Kier molecular flexibility index (Phi) is 4.81. The molecule has 0 aromatic carbocycles. The average molecular weight is 323 g/mol. The molecule has 0 spiro atoms. The van der Waals surface area contributed by atoms with E-state index in [2.05, 4.69) is 20.3 Å². The Hall–Kier alpha value is -1.36. The summed E-state index contributed by atoms with van der Waals surface area (Å²) in [7, 11) is 0. The van der Waals surface area contributed by atoms with Gasteiger partial charge >= 0.3 is 0 Å². The van der Waals surface area contributed by atoms with Crippen LogP contribution in [-0.4, -0.2) is 28.5 Å². The van der Waals surface area contributed by atoms with Crippen molar-refractivity contribution in [2.24, 2.45) is 16.8 Å². The minimum Gasteiger partial charge on any atom is -0.481 e. The number of nitrogens with one attached hydrogen (secondary N) is 1. The molecule has 0 radical (unpaired) electrons. The molecule has 2 saturated carbocycles. The molecule has 0 amide bonds. The van der Waals surface area contributed by atoms with Gasteiger partial charge in [-0.3, -0.25) is 0 Å². The second-order valence-electron chi connectivity index (χ2n) is 6.00. The van der Waals surface area contributed by atoms with Gasteiger partial charge in [0.2, 0.25) is 0 Å². The van der Waals surface area contributed by atoms with E-state index in [4.69, 9.17) is 16.3 Å². The first kappa shape index (κ1) is 15.5. The van der Waals surface area contributed by atoms with Gasteiger partial charge in [0.25, 0.3) is 0 Å². The molecule has 0 aliphatic heterocycles. The van der Waals surface area contributed by atoms with Crippen molar-refractivity contribution in [2.75, 3.05) is 11.9 Å². The molecular formula is C16H23ClN4O. The minimum absolute atomic E-state index is 0.369. The molecule has 22 heavy (non-hydrogen) atoms. The van der Waals surface area contributed by atoms with Crippen LogP contribution in [0.15, 0.2) is 11.3 Å². The standard InChI is InChI=1S/C16H23ClN4O/c1-3-12(22-4-2)20-14-15(17)18-9-19-16(14)21-13(10-5-6-10)11-7-8-11/h9-11,13H,3-8H2,1-2H3,(H,18,19,21). The van der Waals surface area contributed by atoms with Crippen LogP contribution < -0.4 is 5.32 Å². The first-order valence-electron chi connectivity index (χ1n) is 8.20. The Morgan fingerprint density at radius 1 is 1.32 bits per heavy atom. The van der Waals surface area contributed by atoms with Crippen molar-refractivity contribution in [1.82, 2.24) is 9.97 Å². The van der Waals surface area contributed by atoms with E-state index in [9.17, 15) is 0 Å². The van der Waals surface area contributed by atoms with Gasteiger partial charge in [0.1, 0.15) is 12.0 Å². The van der Waals surface area contributed by atoms with Gasteiger partial charge in [-0.2, -0.15) is 0 Å². The molecule has 120 valence electrons. The van der Waals surface area contributed by atoms with E-state index in [0.717, 1.165) is 17.7 Å². The predicted octanol–water partition coefficient (Wildman–Crippen LogP) is 4.21. The summed E-state index contributed by atoms with van der Waals surface area (Å²) < 4.78 is 5.54. The third-order valence-corrected chi connectivity index (χ3v) is 4.47. The first-order valence-corrected chi connectivity index (χ1v) is 8.58. The highest BCUT2D eigenvalue weighted by atomic mass is 35.5. The molecule has 1 aromatic heterocycles. The fourth-order valence-electron chi connectivity index (χ4n) is 2.76. The topological polar surface area (TPSA) is 59.4 Å². The third kappa shape index (κ3) is 3.69. The van der Waals surface area contributed by atoms with Gasteiger partial charge < -0.3 is 10.1 Å². The molecule has 2 aliphatic rings. The second-order valence-corrected chi connectivity index (χ2v) is 6.36. The lowest BCUT2D eigenvalue weighted by Crippen LogP contribution is -2.25. The van der Waals surface area contributed by atoms with E-state index in [0.29, 0.717) is 35.8 Å². The third-order valence-electron chi connectivity index (χ3n) is 4.19. The fraction of sp³-hybridized carbons (Fsp3) is 0.688. The van der Waals surface area contributed by atoms with Crippen LogP contribution in [0.3, 0.4) is 0 Å². The maximum atomic E-state index is 6.25. The number of hydrogen-bond donors (Lipinski definition) is 1. The maximum Gasteiger partial charge on any atom is 0.188 e. The molecule has 2 fully saturated rings. The van der Waals surface area contributed by atoms with E-state index in [1.807, 2.05) is 13.8 Å². The van der Waals surface area contributed by atoms with Gasteiger partial charge in [0.05, 0.1) is 6.61 Å². The van der Waals surface area contributed by atoms with Crippen LogP contribution in [0, 0.1) is 11.8 Å². The number of anilines is 1. The van der Waals surface area contributed by atoms with Crippen molar-refractivity contribution in [3.05, 3.63) is 11.5 Å². The van der Waals surface area contributed by atoms with Crippen LogP contribution in [0.4, 0.5) is 11.5 Å². The Morgan fingerprint density at radius 2 is 2.00 bits per heavy atom. The fourth-order valence-corrected chi connectivity index (χ4v) is 2.93. The second kappa shape index (κ2) is 6.82. The summed E-state index contributed by atoms with van der Waals surface area (Å²) in [5, 5.41) is 3.95. The molecule has 6 heteroatoms. The molecule has 1 N–H and O–H groups in total. The molecule has 1 heterocycles. The molecule has 0 bridgehead atoms. The molecule has 0 saturated heterocycles. The molecule has 0 unspecified atom stereocenters. The zero-order valence-electron chi connectivity index (χ0n) is 13.2. The predicted molar refractivity (Wildman–Crippen MR) is 88.9 cm³/mol. The van der Waals surface area contributed by atoms with Crippen molar-refractivity contribution in [3.8, 4) is 0 Å². The molecule has 1 aromatic rings. The van der Waals surface area contributed by atoms with Gasteiger partial charge in [-0.15, -0.1) is 0 Å². The summed E-state index contributed by atoms with van der Waals surface area (Å²) >= 11 is 6.25. The molecule has 0 atom stereocenters. The minimum atomic E-state index is 0.369. The van der Waals surface area contributed by atoms with E-state index in [1.54, 1.807) is 0 Å². The van der Waals surface area contributed by atoms with Crippen LogP contribution in [0.1, 0.15) is 46.0 Å². The zero-order chi connectivity index (χ0) is 15.5. The Morgan fingerprint density at radius 3 is 2.55 bits per heavy atom. The van der Waals surface area contributed by atoms with Gasteiger partial charge in [-0.25, -0.2) is 15.0 Å². The summed E-state index contributed by atoms with van der Waals surface area (Å²) in [6, 6.07) is 0.497. The largest absolute Gasteiger partial charge is 0.481 e. The highest BCUT2D eigenvalue weighted by Gasteiger charge is 2.42. The van der Waals surface area contributed by atoms with Gasteiger partial charge in [-0.05, 0) is 44.4 Å². The van der Waals surface area contributed by atoms with Crippen LogP contribution in [0.5, 0.6) is 0 Å². The Bertz CT molecular complexity index is 543. The molecule has 2 aliphatic carbocycles. The van der Waals surface area contributed by atoms with Crippen LogP contribution in [-0.2, 0) is 4.74 Å². The van der Waals surface area contributed by atoms with E-state index in [-0.39, 0.29) is 0 Å². The number of rotatable bonds is 7. The first-order chi connectivity index (χ1) is 10.7. The van der Waals surface area contributed by atoms with Crippen molar-refractivity contribution in [2.45, 2.75) is 52.0 Å². The van der Waals surface area contributed by atoms with E-state index >= 15 is 0 Å². The highest BCUT2D eigenvalue weighted by Crippen LogP contribution is 2.46. The highest BCUT2D eigenvalue weighted by molar-refractivity contribution is 6.32. The van der Waals surface area contributed by atoms with E-state index in [1.165, 1.54) is 32.0 Å². The van der Waals surface area contributed by atoms with Crippen molar-refractivity contribution in [1.29, 1.82) is 0 Å². The summed E-state index contributed by atoms with van der Waals surface area (Å²) in [5.41, 5.74) is 0.598. The van der Waals surface area contributed by atoms with Crippen molar-refractivity contribution in [3.63, 3.8) is 0 Å². The number of aliphatic imine (C=N–C) groups is 1. The number of aromatic nitrogens is 2. The number of nitrogens with zero attached hydrogens (tertiary/aromatic N) is 3. The smallest absolute Gasteiger partial charge is 0.188 e. The Labute approximate surface area is 136 Å². The Balaban J connectivity index is 1.85. The van der Waals surface area contributed by atoms with Crippen molar-refractivity contribution < 1.29 is 4.74 Å². The summed E-state index contributed by atoms with van der Waals surface area (Å²) in [5.74, 6) is 2.94. The SMILES string of the molecule is CCOC(CC)=Nc1c(Cl)ncnc1NC(C1CC1)C1CC1. The lowest BCUT2D eigenvalue weighted by molar-refractivity contribution is 0.319. The number of ether oxygens (including phenoxy) is 1. The normalized spacial score (nSPS) is 18.6.